The fourth-order valence-electron chi connectivity index (χ4n) is 1.99. The van der Waals surface area contributed by atoms with E-state index in [-0.39, 0.29) is 11.8 Å². The highest BCUT2D eigenvalue weighted by Crippen LogP contribution is 2.27. The molecular weight excluding hydrogens is 276 g/mol. The van der Waals surface area contributed by atoms with E-state index in [1.54, 1.807) is 23.3 Å². The molecule has 2 aromatic heterocycles. The molecule has 0 aliphatic heterocycles. The Morgan fingerprint density at radius 3 is 2.75 bits per heavy atom. The molecule has 20 heavy (non-hydrogen) atoms. The van der Waals surface area contributed by atoms with Crippen molar-refractivity contribution in [3.8, 4) is 11.1 Å². The predicted octanol–water partition coefficient (Wildman–Crippen LogP) is 1.06. The van der Waals surface area contributed by atoms with Crippen molar-refractivity contribution in [2.24, 2.45) is 7.05 Å². The molecule has 7 heteroatoms. The van der Waals surface area contributed by atoms with E-state index in [1.807, 2.05) is 19.3 Å². The lowest BCUT2D eigenvalue weighted by Gasteiger charge is -2.06. The molecule has 1 aliphatic rings. The molecule has 0 atom stereocenters. The lowest BCUT2D eigenvalue weighted by atomic mass is 10.1. The molecule has 0 unspecified atom stereocenters. The fraction of sp³-hybridized carbons (Fsp3) is 0.385. The minimum absolute atomic E-state index is 0.197. The highest BCUT2D eigenvalue weighted by atomic mass is 32.2. The molecule has 2 heterocycles. The van der Waals surface area contributed by atoms with E-state index < -0.39 is 10.0 Å². The van der Waals surface area contributed by atoms with Crippen LogP contribution < -0.4 is 4.72 Å². The van der Waals surface area contributed by atoms with Gasteiger partial charge in [-0.05, 0) is 24.5 Å². The van der Waals surface area contributed by atoms with Gasteiger partial charge in [-0.2, -0.15) is 5.10 Å². The van der Waals surface area contributed by atoms with Crippen LogP contribution in [0.1, 0.15) is 18.4 Å². The highest BCUT2D eigenvalue weighted by Gasteiger charge is 2.35. The van der Waals surface area contributed by atoms with Crippen LogP contribution in [0, 0.1) is 0 Å². The van der Waals surface area contributed by atoms with E-state index >= 15 is 0 Å². The molecule has 0 radical (unpaired) electrons. The zero-order valence-corrected chi connectivity index (χ0v) is 12.0. The summed E-state index contributed by atoms with van der Waals surface area (Å²) in [4.78, 5) is 4.16. The minimum atomic E-state index is -3.15. The standard InChI is InChI=1S/C13H16N4O2S/c1-17-9-12(8-15-17)11-4-10(5-14-7-11)6-16-20(18,19)13-2-3-13/h4-5,7-9,13,16H,2-3,6H2,1H3. The number of aromatic nitrogens is 3. The summed E-state index contributed by atoms with van der Waals surface area (Å²) in [6.45, 7) is 0.278. The van der Waals surface area contributed by atoms with Gasteiger partial charge in [-0.25, -0.2) is 13.1 Å². The Kier molecular flexibility index (Phi) is 3.31. The lowest BCUT2D eigenvalue weighted by Crippen LogP contribution is -2.26. The molecule has 2 aromatic rings. The molecule has 0 aromatic carbocycles. The van der Waals surface area contributed by atoms with Crippen LogP contribution in [0.15, 0.2) is 30.9 Å². The van der Waals surface area contributed by atoms with Crippen LogP contribution in [0.4, 0.5) is 0 Å². The first-order chi connectivity index (χ1) is 9.54. The largest absolute Gasteiger partial charge is 0.275 e. The summed E-state index contributed by atoms with van der Waals surface area (Å²) < 4.78 is 27.9. The number of hydrogen-bond acceptors (Lipinski definition) is 4. The van der Waals surface area contributed by atoms with Crippen molar-refractivity contribution in [2.45, 2.75) is 24.6 Å². The maximum atomic E-state index is 11.8. The molecule has 106 valence electrons. The number of rotatable bonds is 5. The molecule has 1 aliphatic carbocycles. The number of aryl methyl sites for hydroxylation is 1. The summed E-state index contributed by atoms with van der Waals surface area (Å²) in [5.74, 6) is 0. The van der Waals surface area contributed by atoms with Crippen molar-refractivity contribution >= 4 is 10.0 Å². The quantitative estimate of drug-likeness (QED) is 0.894. The second kappa shape index (κ2) is 4.99. The third kappa shape index (κ3) is 2.88. The summed E-state index contributed by atoms with van der Waals surface area (Å²) in [6.07, 6.45) is 8.61. The Labute approximate surface area is 117 Å². The van der Waals surface area contributed by atoms with Crippen molar-refractivity contribution in [2.75, 3.05) is 0 Å². The lowest BCUT2D eigenvalue weighted by molar-refractivity contribution is 0.580. The maximum Gasteiger partial charge on any atom is 0.214 e. The second-order valence-electron chi connectivity index (χ2n) is 5.05. The molecule has 0 spiro atoms. The Balaban J connectivity index is 1.74. The van der Waals surface area contributed by atoms with E-state index in [4.69, 9.17) is 0 Å². The van der Waals surface area contributed by atoms with Crippen molar-refractivity contribution in [1.29, 1.82) is 0 Å². The van der Waals surface area contributed by atoms with Gasteiger partial charge < -0.3 is 0 Å². The average Bonchev–Trinajstić information content (AvgIpc) is 3.21. The van der Waals surface area contributed by atoms with Gasteiger partial charge in [-0.1, -0.05) is 0 Å². The highest BCUT2D eigenvalue weighted by molar-refractivity contribution is 7.90. The van der Waals surface area contributed by atoms with Crippen molar-refractivity contribution < 1.29 is 8.42 Å². The van der Waals surface area contributed by atoms with Gasteiger partial charge in [0.25, 0.3) is 0 Å². The van der Waals surface area contributed by atoms with Crippen LogP contribution in [0.25, 0.3) is 11.1 Å². The van der Waals surface area contributed by atoms with Gasteiger partial charge in [-0.3, -0.25) is 9.67 Å². The van der Waals surface area contributed by atoms with E-state index in [0.717, 1.165) is 29.5 Å². The van der Waals surface area contributed by atoms with Crippen LogP contribution in [-0.4, -0.2) is 28.4 Å². The number of hydrogen-bond donors (Lipinski definition) is 1. The van der Waals surface area contributed by atoms with Gasteiger partial charge >= 0.3 is 0 Å². The third-order valence-corrected chi connectivity index (χ3v) is 5.17. The van der Waals surface area contributed by atoms with Gasteiger partial charge in [0.2, 0.25) is 10.0 Å². The number of pyridine rings is 1. The van der Waals surface area contributed by atoms with Gasteiger partial charge in [0, 0.05) is 43.3 Å². The molecule has 0 amide bonds. The Morgan fingerprint density at radius 1 is 1.30 bits per heavy atom. The van der Waals surface area contributed by atoms with Crippen LogP contribution in [-0.2, 0) is 23.6 Å². The van der Waals surface area contributed by atoms with Crippen molar-refractivity contribution in [3.05, 3.63) is 36.4 Å². The Morgan fingerprint density at radius 2 is 2.10 bits per heavy atom. The molecule has 6 nitrogen and oxygen atoms in total. The topological polar surface area (TPSA) is 76.9 Å². The SMILES string of the molecule is Cn1cc(-c2cncc(CNS(=O)(=O)C3CC3)c2)cn1. The average molecular weight is 292 g/mol. The molecule has 3 rings (SSSR count). The van der Waals surface area contributed by atoms with Gasteiger partial charge in [-0.15, -0.1) is 0 Å². The zero-order chi connectivity index (χ0) is 14.2. The molecule has 1 N–H and O–H groups in total. The summed E-state index contributed by atoms with van der Waals surface area (Å²) in [6, 6.07) is 1.93. The molecule has 0 saturated heterocycles. The van der Waals surface area contributed by atoms with E-state index in [9.17, 15) is 8.42 Å². The molecule has 1 fully saturated rings. The Bertz CT molecular complexity index is 719. The molecular formula is C13H16N4O2S. The predicted molar refractivity (Wildman–Crippen MR) is 75.2 cm³/mol. The normalized spacial score (nSPS) is 15.4. The second-order valence-corrected chi connectivity index (χ2v) is 7.10. The summed E-state index contributed by atoms with van der Waals surface area (Å²) in [5, 5.41) is 3.92. The van der Waals surface area contributed by atoms with Crippen LogP contribution in [0.5, 0.6) is 0 Å². The first-order valence-corrected chi connectivity index (χ1v) is 8.01. The first kappa shape index (κ1) is 13.3. The zero-order valence-electron chi connectivity index (χ0n) is 11.2. The van der Waals surface area contributed by atoms with Gasteiger partial charge in [0.1, 0.15) is 0 Å². The smallest absolute Gasteiger partial charge is 0.214 e. The van der Waals surface area contributed by atoms with Crippen LogP contribution >= 0.6 is 0 Å². The molecule has 1 saturated carbocycles. The van der Waals surface area contributed by atoms with Gasteiger partial charge in [0.05, 0.1) is 11.4 Å². The monoisotopic (exact) mass is 292 g/mol. The Hall–Kier alpha value is -1.73. The maximum absolute atomic E-state index is 11.8. The number of nitrogens with zero attached hydrogens (tertiary/aromatic N) is 3. The van der Waals surface area contributed by atoms with E-state index in [1.165, 1.54) is 0 Å². The van der Waals surface area contributed by atoms with Crippen LogP contribution in [0.2, 0.25) is 0 Å². The van der Waals surface area contributed by atoms with Crippen LogP contribution in [0.3, 0.4) is 0 Å². The van der Waals surface area contributed by atoms with Gasteiger partial charge in [0.15, 0.2) is 0 Å². The van der Waals surface area contributed by atoms with Crippen molar-refractivity contribution in [3.63, 3.8) is 0 Å². The van der Waals surface area contributed by atoms with E-state index in [0.29, 0.717) is 0 Å². The van der Waals surface area contributed by atoms with Crippen molar-refractivity contribution in [1.82, 2.24) is 19.5 Å². The summed E-state index contributed by atoms with van der Waals surface area (Å²) in [5.41, 5.74) is 2.74. The minimum Gasteiger partial charge on any atom is -0.275 e. The third-order valence-electron chi connectivity index (χ3n) is 3.27. The number of nitrogens with one attached hydrogen (secondary N) is 1. The number of sulfonamides is 1. The summed E-state index contributed by atoms with van der Waals surface area (Å²) >= 11 is 0. The fourth-order valence-corrected chi connectivity index (χ4v) is 3.35. The van der Waals surface area contributed by atoms with E-state index in [2.05, 4.69) is 14.8 Å². The first-order valence-electron chi connectivity index (χ1n) is 6.46. The summed E-state index contributed by atoms with van der Waals surface area (Å²) in [7, 11) is -1.30. The molecule has 0 bridgehead atoms.